The van der Waals surface area contributed by atoms with Gasteiger partial charge in [0.1, 0.15) is 0 Å². The zero-order valence-electron chi connectivity index (χ0n) is 10.6. The van der Waals surface area contributed by atoms with Crippen molar-refractivity contribution in [2.24, 2.45) is 0 Å². The van der Waals surface area contributed by atoms with Gasteiger partial charge in [-0.05, 0) is 25.3 Å². The number of carbonyl (C=O) groups excluding carboxylic acids is 1. The number of hydrogen-bond donors (Lipinski definition) is 1. The van der Waals surface area contributed by atoms with Crippen molar-refractivity contribution in [1.82, 2.24) is 4.57 Å². The van der Waals surface area contributed by atoms with Crippen LogP contribution >= 0.6 is 15.9 Å². The average Bonchev–Trinajstić information content (AvgIpc) is 2.34. The number of aromatic nitrogens is 1. The minimum atomic E-state index is -0.0332. The number of nitrogens with one attached hydrogen (secondary N) is 1. The van der Waals surface area contributed by atoms with E-state index in [1.54, 1.807) is 16.8 Å². The van der Waals surface area contributed by atoms with Crippen molar-refractivity contribution >= 4 is 27.5 Å². The highest BCUT2D eigenvalue weighted by molar-refractivity contribution is 9.09. The van der Waals surface area contributed by atoms with E-state index in [9.17, 15) is 9.59 Å². The maximum absolute atomic E-state index is 11.6. The molecule has 0 fully saturated rings. The number of carbonyl (C=O) groups is 1. The first-order valence-corrected chi connectivity index (χ1v) is 7.36. The van der Waals surface area contributed by atoms with Crippen LogP contribution in [0.15, 0.2) is 23.1 Å². The normalized spacial score (nSPS) is 10.3. The van der Waals surface area contributed by atoms with E-state index >= 15 is 0 Å². The van der Waals surface area contributed by atoms with Gasteiger partial charge in [-0.3, -0.25) is 9.59 Å². The van der Waals surface area contributed by atoms with Crippen LogP contribution in [0.1, 0.15) is 32.6 Å². The predicted octanol–water partition coefficient (Wildman–Crippen LogP) is 2.76. The molecule has 1 aromatic rings. The monoisotopic (exact) mass is 314 g/mol. The fourth-order valence-corrected chi connectivity index (χ4v) is 2.02. The Morgan fingerprint density at radius 2 is 2.17 bits per heavy atom. The molecule has 0 spiro atoms. The van der Waals surface area contributed by atoms with Gasteiger partial charge in [0.25, 0.3) is 5.56 Å². The van der Waals surface area contributed by atoms with Crippen molar-refractivity contribution in [3.8, 4) is 0 Å². The Kier molecular flexibility index (Phi) is 6.72. The fraction of sp³-hybridized carbons (Fsp3) is 0.538. The Morgan fingerprint density at radius 1 is 1.39 bits per heavy atom. The highest BCUT2D eigenvalue weighted by Gasteiger charge is 2.03. The molecule has 100 valence electrons. The second-order valence-corrected chi connectivity index (χ2v) is 4.94. The number of alkyl halides is 1. The number of pyridine rings is 1. The second-order valence-electron chi connectivity index (χ2n) is 4.14. The lowest BCUT2D eigenvalue weighted by molar-refractivity contribution is -0.116. The first kappa shape index (κ1) is 15.0. The molecule has 0 aliphatic heterocycles. The highest BCUT2D eigenvalue weighted by atomic mass is 79.9. The zero-order valence-corrected chi connectivity index (χ0v) is 12.2. The maximum Gasteiger partial charge on any atom is 0.250 e. The van der Waals surface area contributed by atoms with Crippen LogP contribution in [-0.4, -0.2) is 15.8 Å². The number of aryl methyl sites for hydroxylation is 1. The summed E-state index contributed by atoms with van der Waals surface area (Å²) < 4.78 is 1.62. The Bertz CT molecular complexity index is 443. The average molecular weight is 315 g/mol. The third-order valence-corrected chi connectivity index (χ3v) is 3.08. The van der Waals surface area contributed by atoms with Crippen LogP contribution in [-0.2, 0) is 11.3 Å². The van der Waals surface area contributed by atoms with Gasteiger partial charge >= 0.3 is 0 Å². The fourth-order valence-electron chi connectivity index (χ4n) is 1.62. The minimum absolute atomic E-state index is 0.00218. The molecule has 1 N–H and O–H groups in total. The van der Waals surface area contributed by atoms with E-state index in [0.717, 1.165) is 24.6 Å². The van der Waals surface area contributed by atoms with Crippen LogP contribution in [0.2, 0.25) is 0 Å². The highest BCUT2D eigenvalue weighted by Crippen LogP contribution is 2.06. The summed E-state index contributed by atoms with van der Waals surface area (Å²) in [7, 11) is 0. The SMILES string of the molecule is CCCn1cc(NC(=O)CCCCBr)ccc1=O. The van der Waals surface area contributed by atoms with Gasteiger partial charge in [0.15, 0.2) is 0 Å². The van der Waals surface area contributed by atoms with Crippen molar-refractivity contribution in [2.45, 2.75) is 39.2 Å². The molecular formula is C13H19BrN2O2. The zero-order chi connectivity index (χ0) is 13.4. The number of anilines is 1. The van der Waals surface area contributed by atoms with E-state index < -0.39 is 0 Å². The lowest BCUT2D eigenvalue weighted by atomic mass is 10.2. The molecule has 0 saturated carbocycles. The summed E-state index contributed by atoms with van der Waals surface area (Å²) in [4.78, 5) is 23.1. The van der Waals surface area contributed by atoms with Gasteiger partial charge in [-0.2, -0.15) is 0 Å². The van der Waals surface area contributed by atoms with E-state index in [1.165, 1.54) is 6.07 Å². The van der Waals surface area contributed by atoms with Crippen molar-refractivity contribution in [3.63, 3.8) is 0 Å². The van der Waals surface area contributed by atoms with Crippen LogP contribution in [0, 0.1) is 0 Å². The third kappa shape index (κ3) is 5.04. The Hall–Kier alpha value is -1.10. The summed E-state index contributed by atoms with van der Waals surface area (Å²) in [5, 5.41) is 3.73. The van der Waals surface area contributed by atoms with Gasteiger partial charge in [-0.25, -0.2) is 0 Å². The van der Waals surface area contributed by atoms with Gasteiger partial charge in [-0.1, -0.05) is 22.9 Å². The third-order valence-electron chi connectivity index (χ3n) is 2.52. The molecule has 1 heterocycles. The van der Waals surface area contributed by atoms with Gasteiger partial charge in [0.05, 0.1) is 5.69 Å². The molecule has 0 unspecified atom stereocenters. The van der Waals surface area contributed by atoms with Gasteiger partial charge < -0.3 is 9.88 Å². The second kappa shape index (κ2) is 8.08. The number of hydrogen-bond acceptors (Lipinski definition) is 2. The van der Waals surface area contributed by atoms with Crippen molar-refractivity contribution in [2.75, 3.05) is 10.6 Å². The maximum atomic E-state index is 11.6. The van der Waals surface area contributed by atoms with Gasteiger partial charge in [0.2, 0.25) is 5.91 Å². The van der Waals surface area contributed by atoms with Gasteiger partial charge in [-0.15, -0.1) is 0 Å². The smallest absolute Gasteiger partial charge is 0.250 e. The molecule has 0 saturated heterocycles. The first-order chi connectivity index (χ1) is 8.67. The van der Waals surface area contributed by atoms with E-state index in [2.05, 4.69) is 21.2 Å². The summed E-state index contributed by atoms with van der Waals surface area (Å²) in [5.74, 6) is -0.00218. The molecule has 5 heteroatoms. The molecular weight excluding hydrogens is 296 g/mol. The van der Waals surface area contributed by atoms with Crippen molar-refractivity contribution in [1.29, 1.82) is 0 Å². The summed E-state index contributed by atoms with van der Waals surface area (Å²) in [6.45, 7) is 2.68. The molecule has 0 bridgehead atoms. The number of rotatable bonds is 7. The quantitative estimate of drug-likeness (QED) is 0.621. The molecule has 1 rings (SSSR count). The topological polar surface area (TPSA) is 51.1 Å². The van der Waals surface area contributed by atoms with Crippen LogP contribution < -0.4 is 10.9 Å². The largest absolute Gasteiger partial charge is 0.325 e. The number of nitrogens with zero attached hydrogens (tertiary/aromatic N) is 1. The summed E-state index contributed by atoms with van der Waals surface area (Å²) >= 11 is 3.33. The van der Waals surface area contributed by atoms with Crippen molar-refractivity contribution in [3.05, 3.63) is 28.7 Å². The van der Waals surface area contributed by atoms with Crippen LogP contribution in [0.3, 0.4) is 0 Å². The molecule has 0 radical (unpaired) electrons. The standard InChI is InChI=1S/C13H19BrN2O2/c1-2-9-16-10-11(6-7-13(16)18)15-12(17)5-3-4-8-14/h6-7,10H,2-5,8-9H2,1H3,(H,15,17). The summed E-state index contributed by atoms with van der Waals surface area (Å²) in [6.07, 6.45) is 4.96. The van der Waals surface area contributed by atoms with Crippen LogP contribution in [0.5, 0.6) is 0 Å². The number of amides is 1. The predicted molar refractivity (Wildman–Crippen MR) is 77.3 cm³/mol. The molecule has 4 nitrogen and oxygen atoms in total. The van der Waals surface area contributed by atoms with Crippen LogP contribution in [0.4, 0.5) is 5.69 Å². The lowest BCUT2D eigenvalue weighted by Gasteiger charge is -2.08. The van der Waals surface area contributed by atoms with Gasteiger partial charge in [0, 0.05) is 30.6 Å². The lowest BCUT2D eigenvalue weighted by Crippen LogP contribution is -2.20. The molecule has 0 aliphatic rings. The molecule has 0 aromatic carbocycles. The molecule has 1 aromatic heterocycles. The molecule has 1 amide bonds. The number of unbranched alkanes of at least 4 members (excludes halogenated alkanes) is 1. The molecule has 0 aliphatic carbocycles. The molecule has 18 heavy (non-hydrogen) atoms. The number of halogens is 1. The van der Waals surface area contributed by atoms with Crippen molar-refractivity contribution < 1.29 is 4.79 Å². The van der Waals surface area contributed by atoms with E-state index in [-0.39, 0.29) is 11.5 Å². The van der Waals surface area contributed by atoms with E-state index in [4.69, 9.17) is 0 Å². The Morgan fingerprint density at radius 3 is 2.83 bits per heavy atom. The summed E-state index contributed by atoms with van der Waals surface area (Å²) in [5.41, 5.74) is 0.654. The minimum Gasteiger partial charge on any atom is -0.325 e. The van der Waals surface area contributed by atoms with E-state index in [0.29, 0.717) is 18.7 Å². The first-order valence-electron chi connectivity index (χ1n) is 6.23. The Balaban J connectivity index is 2.59. The van der Waals surface area contributed by atoms with E-state index in [1.807, 2.05) is 6.92 Å². The summed E-state index contributed by atoms with van der Waals surface area (Å²) in [6, 6.07) is 3.14. The molecule has 0 atom stereocenters. The van der Waals surface area contributed by atoms with Crippen LogP contribution in [0.25, 0.3) is 0 Å². The Labute approximate surface area is 116 Å².